The summed E-state index contributed by atoms with van der Waals surface area (Å²) in [7, 11) is 3.99. The molecule has 5 nitrogen and oxygen atoms in total. The van der Waals surface area contributed by atoms with Crippen molar-refractivity contribution in [3.8, 4) is 0 Å². The molecule has 1 saturated carbocycles. The van der Waals surface area contributed by atoms with Gasteiger partial charge < -0.3 is 20.3 Å². The molecule has 0 radical (unpaired) electrons. The summed E-state index contributed by atoms with van der Waals surface area (Å²) in [6, 6.07) is 0.470. The van der Waals surface area contributed by atoms with Crippen LogP contribution in [0.1, 0.15) is 51.9 Å². The van der Waals surface area contributed by atoms with E-state index in [1.807, 2.05) is 7.05 Å². The number of nitrogens with one attached hydrogen (secondary N) is 2. The predicted molar refractivity (Wildman–Crippen MR) is 97.0 cm³/mol. The van der Waals surface area contributed by atoms with E-state index in [1.165, 1.54) is 44.9 Å². The number of guanidine groups is 1. The zero-order chi connectivity index (χ0) is 16.5. The van der Waals surface area contributed by atoms with Crippen LogP contribution in [0, 0.1) is 5.92 Å². The third-order valence-electron chi connectivity index (χ3n) is 5.18. The molecular weight excluding hydrogens is 288 g/mol. The first-order valence-corrected chi connectivity index (χ1v) is 9.44. The molecule has 0 bridgehead atoms. The highest BCUT2D eigenvalue weighted by atomic mass is 16.5. The van der Waals surface area contributed by atoms with Gasteiger partial charge >= 0.3 is 0 Å². The zero-order valence-corrected chi connectivity index (χ0v) is 15.3. The Hall–Kier alpha value is -0.810. The average molecular weight is 325 g/mol. The van der Waals surface area contributed by atoms with E-state index in [0.717, 1.165) is 38.1 Å². The van der Waals surface area contributed by atoms with Crippen molar-refractivity contribution in [2.45, 2.75) is 64.0 Å². The maximum atomic E-state index is 5.79. The van der Waals surface area contributed by atoms with Gasteiger partial charge in [0.25, 0.3) is 0 Å². The van der Waals surface area contributed by atoms with E-state index in [1.54, 1.807) is 0 Å². The fourth-order valence-electron chi connectivity index (χ4n) is 3.66. The van der Waals surface area contributed by atoms with Crippen LogP contribution in [-0.4, -0.2) is 63.3 Å². The Kier molecular flexibility index (Phi) is 8.17. The third kappa shape index (κ3) is 7.08. The standard InChI is InChI=1S/C18H36N4O/c1-15(9-10-16-7-5-4-6-8-16)21-18(19-2)20-13-17-14-22(3)11-12-23-17/h15-17H,4-14H2,1-3H3,(H2,19,20,21). The van der Waals surface area contributed by atoms with E-state index < -0.39 is 0 Å². The van der Waals surface area contributed by atoms with E-state index in [4.69, 9.17) is 4.74 Å². The summed E-state index contributed by atoms with van der Waals surface area (Å²) >= 11 is 0. The molecular formula is C18H36N4O. The molecule has 23 heavy (non-hydrogen) atoms. The maximum Gasteiger partial charge on any atom is 0.191 e. The number of rotatable bonds is 6. The van der Waals surface area contributed by atoms with Crippen LogP contribution in [-0.2, 0) is 4.74 Å². The second-order valence-electron chi connectivity index (χ2n) is 7.33. The van der Waals surface area contributed by atoms with Crippen molar-refractivity contribution < 1.29 is 4.74 Å². The molecule has 0 aromatic rings. The van der Waals surface area contributed by atoms with Gasteiger partial charge in [0.15, 0.2) is 5.96 Å². The van der Waals surface area contributed by atoms with Gasteiger partial charge in [-0.05, 0) is 32.7 Å². The molecule has 0 spiro atoms. The summed E-state index contributed by atoms with van der Waals surface area (Å²) in [5, 5.41) is 6.94. The first-order chi connectivity index (χ1) is 11.2. The van der Waals surface area contributed by atoms with E-state index in [0.29, 0.717) is 6.04 Å². The summed E-state index contributed by atoms with van der Waals surface area (Å²) < 4.78 is 5.79. The number of ether oxygens (including phenoxy) is 1. The molecule has 0 aromatic heterocycles. The zero-order valence-electron chi connectivity index (χ0n) is 15.3. The van der Waals surface area contributed by atoms with Crippen molar-refractivity contribution in [3.63, 3.8) is 0 Å². The Balaban J connectivity index is 1.62. The highest BCUT2D eigenvalue weighted by Gasteiger charge is 2.18. The minimum atomic E-state index is 0.254. The third-order valence-corrected chi connectivity index (χ3v) is 5.18. The van der Waals surface area contributed by atoms with E-state index in [2.05, 4.69) is 34.5 Å². The first-order valence-electron chi connectivity index (χ1n) is 9.44. The van der Waals surface area contributed by atoms with Crippen molar-refractivity contribution in [2.75, 3.05) is 40.3 Å². The lowest BCUT2D eigenvalue weighted by Crippen LogP contribution is -2.49. The molecule has 2 atom stereocenters. The smallest absolute Gasteiger partial charge is 0.191 e. The van der Waals surface area contributed by atoms with Crippen LogP contribution < -0.4 is 10.6 Å². The van der Waals surface area contributed by atoms with Crippen LogP contribution in [0.2, 0.25) is 0 Å². The largest absolute Gasteiger partial charge is 0.374 e. The van der Waals surface area contributed by atoms with Gasteiger partial charge in [-0.2, -0.15) is 0 Å². The molecule has 2 N–H and O–H groups in total. The van der Waals surface area contributed by atoms with Gasteiger partial charge in [0.2, 0.25) is 0 Å². The second-order valence-corrected chi connectivity index (χ2v) is 7.33. The SMILES string of the molecule is CN=C(NCC1CN(C)CCO1)NC(C)CCC1CCCCC1. The highest BCUT2D eigenvalue weighted by molar-refractivity contribution is 5.79. The van der Waals surface area contributed by atoms with Crippen molar-refractivity contribution in [1.82, 2.24) is 15.5 Å². The molecule has 2 aliphatic rings. The Bertz CT molecular complexity index is 355. The lowest BCUT2D eigenvalue weighted by molar-refractivity contribution is -0.0161. The van der Waals surface area contributed by atoms with Crippen LogP contribution in [0.5, 0.6) is 0 Å². The van der Waals surface area contributed by atoms with Crippen LogP contribution >= 0.6 is 0 Å². The Labute approximate surface area is 142 Å². The number of morpholine rings is 1. The molecule has 1 aliphatic carbocycles. The van der Waals surface area contributed by atoms with Crippen LogP contribution in [0.15, 0.2) is 4.99 Å². The molecule has 0 aromatic carbocycles. The number of aliphatic imine (C=N–C) groups is 1. The summed E-state index contributed by atoms with van der Waals surface area (Å²) in [6.07, 6.45) is 10.0. The van der Waals surface area contributed by atoms with Crippen molar-refractivity contribution in [1.29, 1.82) is 0 Å². The fourth-order valence-corrected chi connectivity index (χ4v) is 3.66. The van der Waals surface area contributed by atoms with Crippen LogP contribution in [0.25, 0.3) is 0 Å². The minimum absolute atomic E-state index is 0.254. The lowest BCUT2D eigenvalue weighted by atomic mass is 9.85. The quantitative estimate of drug-likeness (QED) is 0.581. The van der Waals surface area contributed by atoms with Crippen LogP contribution in [0.3, 0.4) is 0 Å². The second kappa shape index (κ2) is 10.1. The van der Waals surface area contributed by atoms with E-state index in [-0.39, 0.29) is 6.10 Å². The lowest BCUT2D eigenvalue weighted by Gasteiger charge is -2.30. The molecule has 2 rings (SSSR count). The molecule has 2 unspecified atom stereocenters. The Morgan fingerprint density at radius 1 is 1.30 bits per heavy atom. The van der Waals surface area contributed by atoms with Crippen molar-refractivity contribution in [3.05, 3.63) is 0 Å². The molecule has 1 aliphatic heterocycles. The minimum Gasteiger partial charge on any atom is -0.374 e. The Morgan fingerprint density at radius 3 is 2.78 bits per heavy atom. The monoisotopic (exact) mass is 324 g/mol. The number of nitrogens with zero attached hydrogens (tertiary/aromatic N) is 2. The molecule has 2 fully saturated rings. The summed E-state index contributed by atoms with van der Waals surface area (Å²) in [4.78, 5) is 6.67. The number of hydrogen-bond acceptors (Lipinski definition) is 3. The summed E-state index contributed by atoms with van der Waals surface area (Å²) in [5.41, 5.74) is 0. The molecule has 1 heterocycles. The number of hydrogen-bond donors (Lipinski definition) is 2. The van der Waals surface area contributed by atoms with Gasteiger partial charge in [0.05, 0.1) is 12.7 Å². The van der Waals surface area contributed by atoms with E-state index in [9.17, 15) is 0 Å². The van der Waals surface area contributed by atoms with Crippen molar-refractivity contribution >= 4 is 5.96 Å². The van der Waals surface area contributed by atoms with Crippen molar-refractivity contribution in [2.24, 2.45) is 10.9 Å². The topological polar surface area (TPSA) is 48.9 Å². The van der Waals surface area contributed by atoms with Gasteiger partial charge in [-0.25, -0.2) is 0 Å². The molecule has 5 heteroatoms. The maximum absolute atomic E-state index is 5.79. The van der Waals surface area contributed by atoms with Gasteiger partial charge in [-0.3, -0.25) is 4.99 Å². The first kappa shape index (κ1) is 18.5. The van der Waals surface area contributed by atoms with E-state index >= 15 is 0 Å². The van der Waals surface area contributed by atoms with Gasteiger partial charge in [0.1, 0.15) is 0 Å². The van der Waals surface area contributed by atoms with Gasteiger partial charge in [-0.1, -0.05) is 32.1 Å². The normalized spacial score (nSPS) is 26.0. The number of likely N-dealkylation sites (N-methyl/N-ethyl adjacent to an activating group) is 1. The van der Waals surface area contributed by atoms with Gasteiger partial charge in [-0.15, -0.1) is 0 Å². The predicted octanol–water partition coefficient (Wildman–Crippen LogP) is 2.23. The Morgan fingerprint density at radius 2 is 2.09 bits per heavy atom. The van der Waals surface area contributed by atoms with Gasteiger partial charge in [0, 0.05) is 32.7 Å². The fraction of sp³-hybridized carbons (Fsp3) is 0.944. The molecule has 134 valence electrons. The average Bonchev–Trinajstić information content (AvgIpc) is 2.58. The summed E-state index contributed by atoms with van der Waals surface area (Å²) in [6.45, 7) is 5.93. The highest BCUT2D eigenvalue weighted by Crippen LogP contribution is 2.27. The van der Waals surface area contributed by atoms with Crippen LogP contribution in [0.4, 0.5) is 0 Å². The molecule has 1 saturated heterocycles. The summed E-state index contributed by atoms with van der Waals surface area (Å²) in [5.74, 6) is 1.85. The molecule has 0 amide bonds.